The van der Waals surface area contributed by atoms with Crippen LogP contribution >= 0.6 is 23.7 Å². The normalized spacial score (nSPS) is 16.5. The fourth-order valence-electron chi connectivity index (χ4n) is 4.45. The van der Waals surface area contributed by atoms with Crippen molar-refractivity contribution in [2.75, 3.05) is 45.7 Å². The molecular formula is C26H35ClN4O4S2. The predicted octanol–water partition coefficient (Wildman–Crippen LogP) is 4.89. The zero-order valence-corrected chi connectivity index (χ0v) is 24.2. The van der Waals surface area contributed by atoms with Crippen LogP contribution in [0.4, 0.5) is 5.13 Å². The molecule has 1 saturated heterocycles. The molecule has 11 heteroatoms. The first-order chi connectivity index (χ1) is 17.2. The molecule has 1 aromatic heterocycles. The van der Waals surface area contributed by atoms with Gasteiger partial charge in [0.05, 0.1) is 22.2 Å². The number of nitrogens with zero attached hydrogens (tertiary/aromatic N) is 4. The monoisotopic (exact) mass is 566 g/mol. The van der Waals surface area contributed by atoms with Crippen molar-refractivity contribution in [3.63, 3.8) is 0 Å². The van der Waals surface area contributed by atoms with Gasteiger partial charge in [0.25, 0.3) is 5.91 Å². The topological polar surface area (TPSA) is 83.0 Å². The Balaban J connectivity index is 0.00000380. The van der Waals surface area contributed by atoms with Gasteiger partial charge in [-0.05, 0) is 89.3 Å². The van der Waals surface area contributed by atoms with Crippen LogP contribution in [0, 0.1) is 0 Å². The third kappa shape index (κ3) is 6.61. The lowest BCUT2D eigenvalue weighted by Crippen LogP contribution is -2.41. The summed E-state index contributed by atoms with van der Waals surface area (Å²) in [6, 6.07) is 12.0. The number of methoxy groups -OCH3 is 1. The number of amides is 1. The van der Waals surface area contributed by atoms with Crippen molar-refractivity contribution in [1.29, 1.82) is 0 Å². The first-order valence-corrected chi connectivity index (χ1v) is 14.5. The van der Waals surface area contributed by atoms with E-state index in [-0.39, 0.29) is 29.3 Å². The second-order valence-corrected chi connectivity index (χ2v) is 12.3. The standard InChI is InChI=1S/C26H34N4O4S2.ClH/c1-19-8-5-6-17-30(19)36(32,33)22-12-9-20(10-13-22)25(31)29(16-7-15-28(2)3)26-27-23-14-11-21(34-4)18-24(23)35-26;/h9-14,18-19H,5-8,15-17H2,1-4H3;1H. The van der Waals surface area contributed by atoms with E-state index in [0.717, 1.165) is 48.2 Å². The Bertz CT molecular complexity index is 1310. The molecule has 0 spiro atoms. The number of carbonyl (C=O) groups excluding carboxylic acids is 1. The molecule has 4 rings (SSSR count). The fraction of sp³-hybridized carbons (Fsp3) is 0.462. The number of piperidine rings is 1. The van der Waals surface area contributed by atoms with E-state index in [1.54, 1.807) is 40.6 Å². The molecule has 0 aliphatic carbocycles. The van der Waals surface area contributed by atoms with Crippen molar-refractivity contribution >= 4 is 55.0 Å². The van der Waals surface area contributed by atoms with Crippen molar-refractivity contribution in [2.24, 2.45) is 0 Å². The summed E-state index contributed by atoms with van der Waals surface area (Å²) in [5.41, 5.74) is 1.24. The smallest absolute Gasteiger partial charge is 0.260 e. The van der Waals surface area contributed by atoms with Crippen molar-refractivity contribution in [1.82, 2.24) is 14.2 Å². The number of sulfonamides is 1. The molecule has 1 unspecified atom stereocenters. The maximum Gasteiger partial charge on any atom is 0.260 e. The molecule has 1 atom stereocenters. The number of hydrogen-bond donors (Lipinski definition) is 0. The van der Waals surface area contributed by atoms with Crippen LogP contribution in [-0.2, 0) is 10.0 Å². The van der Waals surface area contributed by atoms with E-state index in [2.05, 4.69) is 4.90 Å². The van der Waals surface area contributed by atoms with Gasteiger partial charge in [-0.3, -0.25) is 9.69 Å². The lowest BCUT2D eigenvalue weighted by molar-refractivity contribution is 0.0986. The van der Waals surface area contributed by atoms with Crippen LogP contribution in [0.1, 0.15) is 43.0 Å². The van der Waals surface area contributed by atoms with E-state index in [9.17, 15) is 13.2 Å². The number of carbonyl (C=O) groups is 1. The van der Waals surface area contributed by atoms with Gasteiger partial charge in [0.1, 0.15) is 5.75 Å². The maximum atomic E-state index is 13.6. The average molecular weight is 567 g/mol. The molecule has 0 bridgehead atoms. The summed E-state index contributed by atoms with van der Waals surface area (Å²) in [6.07, 6.45) is 3.56. The molecule has 1 amide bonds. The Morgan fingerprint density at radius 2 is 1.86 bits per heavy atom. The van der Waals surface area contributed by atoms with Crippen LogP contribution in [0.2, 0.25) is 0 Å². The molecule has 1 aliphatic rings. The van der Waals surface area contributed by atoms with Crippen LogP contribution in [0.15, 0.2) is 47.4 Å². The highest BCUT2D eigenvalue weighted by atomic mass is 35.5. The Hall–Kier alpha value is -2.24. The Morgan fingerprint density at radius 3 is 2.51 bits per heavy atom. The first kappa shape index (κ1) is 29.3. The summed E-state index contributed by atoms with van der Waals surface area (Å²) in [4.78, 5) is 22.3. The van der Waals surface area contributed by atoms with Gasteiger partial charge in [0.15, 0.2) is 5.13 Å². The second-order valence-electron chi connectivity index (χ2n) is 9.43. The van der Waals surface area contributed by atoms with Crippen LogP contribution in [-0.4, -0.2) is 75.4 Å². The van der Waals surface area contributed by atoms with Crippen LogP contribution in [0.5, 0.6) is 5.75 Å². The molecule has 1 fully saturated rings. The summed E-state index contributed by atoms with van der Waals surface area (Å²) in [7, 11) is 2.03. The highest BCUT2D eigenvalue weighted by molar-refractivity contribution is 7.89. The van der Waals surface area contributed by atoms with Gasteiger partial charge >= 0.3 is 0 Å². The molecule has 37 heavy (non-hydrogen) atoms. The summed E-state index contributed by atoms with van der Waals surface area (Å²) in [6.45, 7) is 3.81. The zero-order chi connectivity index (χ0) is 25.9. The average Bonchev–Trinajstić information content (AvgIpc) is 3.29. The Kier molecular flexibility index (Phi) is 9.93. The van der Waals surface area contributed by atoms with Gasteiger partial charge in [-0.15, -0.1) is 12.4 Å². The zero-order valence-electron chi connectivity index (χ0n) is 21.7. The third-order valence-electron chi connectivity index (χ3n) is 6.50. The lowest BCUT2D eigenvalue weighted by atomic mass is 10.1. The number of hydrogen-bond acceptors (Lipinski definition) is 7. The highest BCUT2D eigenvalue weighted by Crippen LogP contribution is 2.32. The Labute approximate surface area is 229 Å². The third-order valence-corrected chi connectivity index (χ3v) is 9.57. The van der Waals surface area contributed by atoms with Crippen LogP contribution < -0.4 is 9.64 Å². The molecular weight excluding hydrogens is 532 g/mol. The van der Waals surface area contributed by atoms with Gasteiger partial charge in [0.2, 0.25) is 10.0 Å². The molecule has 0 radical (unpaired) electrons. The molecule has 2 aromatic carbocycles. The van der Waals surface area contributed by atoms with E-state index in [0.29, 0.717) is 23.8 Å². The largest absolute Gasteiger partial charge is 0.497 e. The van der Waals surface area contributed by atoms with Crippen LogP contribution in [0.3, 0.4) is 0 Å². The van der Waals surface area contributed by atoms with Gasteiger partial charge in [-0.1, -0.05) is 17.8 Å². The number of fused-ring (bicyclic) bond motifs is 1. The van der Waals surface area contributed by atoms with E-state index in [1.807, 2.05) is 39.2 Å². The van der Waals surface area contributed by atoms with Crippen LogP contribution in [0.25, 0.3) is 10.2 Å². The summed E-state index contributed by atoms with van der Waals surface area (Å²) >= 11 is 1.44. The second kappa shape index (κ2) is 12.5. The minimum atomic E-state index is -3.59. The molecule has 0 N–H and O–H groups in total. The fourth-order valence-corrected chi connectivity index (χ4v) is 7.17. The SMILES string of the molecule is COc1ccc2nc(N(CCCN(C)C)C(=O)c3ccc(S(=O)(=O)N4CCCCC4C)cc3)sc2c1.Cl. The number of rotatable bonds is 9. The van der Waals surface area contributed by atoms with Crippen molar-refractivity contribution < 1.29 is 17.9 Å². The first-order valence-electron chi connectivity index (χ1n) is 12.2. The molecule has 3 aromatic rings. The van der Waals surface area contributed by atoms with E-state index in [4.69, 9.17) is 9.72 Å². The van der Waals surface area contributed by atoms with Crippen molar-refractivity contribution in [2.45, 2.75) is 43.5 Å². The van der Waals surface area contributed by atoms with E-state index < -0.39 is 10.0 Å². The molecule has 1 aliphatic heterocycles. The molecule has 0 saturated carbocycles. The number of ether oxygens (including phenoxy) is 1. The van der Waals surface area contributed by atoms with Gasteiger partial charge < -0.3 is 9.64 Å². The number of benzene rings is 2. The van der Waals surface area contributed by atoms with E-state index in [1.165, 1.54) is 11.3 Å². The van der Waals surface area contributed by atoms with Crippen molar-refractivity contribution in [3.05, 3.63) is 48.0 Å². The number of anilines is 1. The highest BCUT2D eigenvalue weighted by Gasteiger charge is 2.31. The summed E-state index contributed by atoms with van der Waals surface area (Å²) < 4.78 is 34.2. The van der Waals surface area contributed by atoms with Gasteiger partial charge in [-0.25, -0.2) is 13.4 Å². The van der Waals surface area contributed by atoms with Gasteiger partial charge in [-0.2, -0.15) is 4.31 Å². The minimum absolute atomic E-state index is 0. The van der Waals surface area contributed by atoms with E-state index >= 15 is 0 Å². The lowest BCUT2D eigenvalue weighted by Gasteiger charge is -2.32. The minimum Gasteiger partial charge on any atom is -0.497 e. The molecule has 2 heterocycles. The van der Waals surface area contributed by atoms with Crippen molar-refractivity contribution in [3.8, 4) is 5.75 Å². The summed E-state index contributed by atoms with van der Waals surface area (Å²) in [5.74, 6) is 0.540. The summed E-state index contributed by atoms with van der Waals surface area (Å²) in [5, 5.41) is 0.612. The Morgan fingerprint density at radius 1 is 1.14 bits per heavy atom. The van der Waals surface area contributed by atoms with Gasteiger partial charge in [0, 0.05) is 24.7 Å². The number of aromatic nitrogens is 1. The predicted molar refractivity (Wildman–Crippen MR) is 152 cm³/mol. The molecule has 202 valence electrons. The quantitative estimate of drug-likeness (QED) is 0.367. The number of thiazole rings is 1. The number of halogens is 1. The maximum absolute atomic E-state index is 13.6. The molecule has 8 nitrogen and oxygen atoms in total.